The lowest BCUT2D eigenvalue weighted by molar-refractivity contribution is 0.0774. The molecule has 1 aromatic heterocycles. The first-order chi connectivity index (χ1) is 13.7. The van der Waals surface area contributed by atoms with Gasteiger partial charge in [0.25, 0.3) is 5.91 Å². The van der Waals surface area contributed by atoms with Crippen LogP contribution < -0.4 is 0 Å². The molecule has 0 spiro atoms. The molecule has 2 atom stereocenters. The largest absolute Gasteiger partial charge is 0.337 e. The Kier molecular flexibility index (Phi) is 4.24. The number of aromatic nitrogens is 2. The number of imidazole rings is 1. The van der Waals surface area contributed by atoms with E-state index in [1.165, 1.54) is 6.42 Å². The molecule has 0 saturated carbocycles. The molecule has 3 aromatic rings. The Morgan fingerprint density at radius 2 is 1.82 bits per heavy atom. The Balaban J connectivity index is 1.31. The zero-order chi connectivity index (χ0) is 19.1. The van der Waals surface area contributed by atoms with Crippen LogP contribution in [0.1, 0.15) is 16.8 Å². The Hall–Kier alpha value is -2.92. The number of hydrogen-bond acceptors (Lipinski definition) is 3. The first-order valence-corrected chi connectivity index (χ1v) is 9.88. The highest BCUT2D eigenvalue weighted by molar-refractivity contribution is 5.95. The predicted molar refractivity (Wildman–Crippen MR) is 109 cm³/mol. The molecular weight excluding hydrogens is 348 g/mol. The van der Waals surface area contributed by atoms with Crippen LogP contribution in [0.15, 0.2) is 67.1 Å². The minimum atomic E-state index is 0.143. The average Bonchev–Trinajstić information content (AvgIpc) is 3.46. The Bertz CT molecular complexity index is 979. The van der Waals surface area contributed by atoms with Crippen LogP contribution in [0, 0.1) is 5.92 Å². The maximum Gasteiger partial charge on any atom is 0.253 e. The summed E-state index contributed by atoms with van der Waals surface area (Å²) in [6.45, 7) is 2.89. The summed E-state index contributed by atoms with van der Waals surface area (Å²) in [5.74, 6) is 0.777. The molecule has 5 heteroatoms. The second-order valence-electron chi connectivity index (χ2n) is 7.89. The van der Waals surface area contributed by atoms with E-state index in [-0.39, 0.29) is 5.91 Å². The normalized spacial score (nSPS) is 21.8. The van der Waals surface area contributed by atoms with E-state index >= 15 is 0 Å². The number of hydrogen-bond donors (Lipinski definition) is 0. The van der Waals surface area contributed by atoms with Gasteiger partial charge in [-0.25, -0.2) is 4.98 Å². The maximum atomic E-state index is 12.9. The van der Waals surface area contributed by atoms with E-state index in [0.29, 0.717) is 12.0 Å². The van der Waals surface area contributed by atoms with E-state index in [0.717, 1.165) is 42.1 Å². The molecule has 28 heavy (non-hydrogen) atoms. The molecule has 2 aliphatic heterocycles. The maximum absolute atomic E-state index is 12.9. The van der Waals surface area contributed by atoms with Gasteiger partial charge in [-0.1, -0.05) is 30.3 Å². The van der Waals surface area contributed by atoms with Crippen molar-refractivity contribution in [2.75, 3.05) is 26.7 Å². The van der Waals surface area contributed by atoms with Crippen LogP contribution in [0.5, 0.6) is 0 Å². The van der Waals surface area contributed by atoms with E-state index in [2.05, 4.69) is 29.1 Å². The molecule has 0 radical (unpaired) electrons. The number of carbonyl (C=O) groups excluding carboxylic acids is 1. The van der Waals surface area contributed by atoms with Gasteiger partial charge in [-0.05, 0) is 50.2 Å². The number of para-hydroxylation sites is 1. The summed E-state index contributed by atoms with van der Waals surface area (Å²) in [4.78, 5) is 21.8. The Labute approximate surface area is 165 Å². The van der Waals surface area contributed by atoms with Gasteiger partial charge in [0, 0.05) is 42.1 Å². The van der Waals surface area contributed by atoms with E-state index in [9.17, 15) is 4.79 Å². The molecule has 1 amide bonds. The SMILES string of the molecule is CN1CC[C@H]2CN(C(=O)c3ccc(-c4cn(-c5ccccc5)cn4)cc3)C[C@H]21. The zero-order valence-corrected chi connectivity index (χ0v) is 16.0. The van der Waals surface area contributed by atoms with E-state index in [1.807, 2.05) is 64.5 Å². The summed E-state index contributed by atoms with van der Waals surface area (Å²) >= 11 is 0. The average molecular weight is 372 g/mol. The van der Waals surface area contributed by atoms with Gasteiger partial charge in [0.1, 0.15) is 0 Å². The van der Waals surface area contributed by atoms with Gasteiger partial charge in [0.15, 0.2) is 0 Å². The van der Waals surface area contributed by atoms with Crippen molar-refractivity contribution in [3.05, 3.63) is 72.7 Å². The fourth-order valence-electron chi connectivity index (χ4n) is 4.52. The first-order valence-electron chi connectivity index (χ1n) is 9.88. The Morgan fingerprint density at radius 3 is 2.57 bits per heavy atom. The zero-order valence-electron chi connectivity index (χ0n) is 16.0. The molecule has 3 heterocycles. The molecule has 0 unspecified atom stereocenters. The molecule has 5 nitrogen and oxygen atoms in total. The third-order valence-electron chi connectivity index (χ3n) is 6.18. The lowest BCUT2D eigenvalue weighted by Gasteiger charge is -2.20. The molecule has 0 N–H and O–H groups in total. The quantitative estimate of drug-likeness (QED) is 0.708. The van der Waals surface area contributed by atoms with Crippen molar-refractivity contribution in [1.29, 1.82) is 0 Å². The van der Waals surface area contributed by atoms with Crippen molar-refractivity contribution in [2.45, 2.75) is 12.5 Å². The van der Waals surface area contributed by atoms with Crippen molar-refractivity contribution < 1.29 is 4.79 Å². The van der Waals surface area contributed by atoms with Gasteiger partial charge in [0.2, 0.25) is 0 Å². The monoisotopic (exact) mass is 372 g/mol. The Morgan fingerprint density at radius 1 is 1.04 bits per heavy atom. The van der Waals surface area contributed by atoms with Gasteiger partial charge in [-0.15, -0.1) is 0 Å². The van der Waals surface area contributed by atoms with Crippen molar-refractivity contribution in [1.82, 2.24) is 19.4 Å². The van der Waals surface area contributed by atoms with Gasteiger partial charge in [-0.3, -0.25) is 4.79 Å². The fourth-order valence-corrected chi connectivity index (χ4v) is 4.52. The minimum Gasteiger partial charge on any atom is -0.337 e. The van der Waals surface area contributed by atoms with Crippen LogP contribution in [0.2, 0.25) is 0 Å². The second kappa shape index (κ2) is 6.91. The van der Waals surface area contributed by atoms with E-state index in [1.54, 1.807) is 0 Å². The number of amides is 1. The third kappa shape index (κ3) is 3.02. The lowest BCUT2D eigenvalue weighted by atomic mass is 10.1. The predicted octanol–water partition coefficient (Wildman–Crippen LogP) is 3.32. The van der Waals surface area contributed by atoms with Crippen LogP contribution in [0.3, 0.4) is 0 Å². The van der Waals surface area contributed by atoms with E-state index in [4.69, 9.17) is 0 Å². The summed E-state index contributed by atoms with van der Waals surface area (Å²) < 4.78 is 2.01. The molecule has 5 rings (SSSR count). The molecule has 2 aromatic carbocycles. The highest BCUT2D eigenvalue weighted by Crippen LogP contribution is 2.31. The van der Waals surface area contributed by atoms with Gasteiger partial charge in [0.05, 0.1) is 12.0 Å². The molecule has 142 valence electrons. The summed E-state index contributed by atoms with van der Waals surface area (Å²) in [7, 11) is 2.17. The molecule has 0 bridgehead atoms. The highest BCUT2D eigenvalue weighted by atomic mass is 16.2. The highest BCUT2D eigenvalue weighted by Gasteiger charge is 2.41. The third-order valence-corrected chi connectivity index (χ3v) is 6.18. The first kappa shape index (κ1) is 17.2. The van der Waals surface area contributed by atoms with E-state index < -0.39 is 0 Å². The van der Waals surface area contributed by atoms with Crippen LogP contribution in [-0.4, -0.2) is 58.0 Å². The van der Waals surface area contributed by atoms with Gasteiger partial charge >= 0.3 is 0 Å². The summed E-state index contributed by atoms with van der Waals surface area (Å²) in [5.41, 5.74) is 3.76. The number of carbonyl (C=O) groups is 1. The van der Waals surface area contributed by atoms with Crippen molar-refractivity contribution in [3.63, 3.8) is 0 Å². The van der Waals surface area contributed by atoms with Crippen LogP contribution in [0.25, 0.3) is 16.9 Å². The molecule has 0 aliphatic carbocycles. The van der Waals surface area contributed by atoms with Crippen molar-refractivity contribution >= 4 is 5.91 Å². The van der Waals surface area contributed by atoms with Crippen molar-refractivity contribution in [3.8, 4) is 16.9 Å². The molecular formula is C23H24N4O. The summed E-state index contributed by atoms with van der Waals surface area (Å²) in [6.07, 6.45) is 5.04. The fraction of sp³-hybridized carbons (Fsp3) is 0.304. The number of likely N-dealkylation sites (N-methyl/N-ethyl adjacent to an activating group) is 1. The second-order valence-corrected chi connectivity index (χ2v) is 7.89. The van der Waals surface area contributed by atoms with Crippen molar-refractivity contribution in [2.24, 2.45) is 5.92 Å². The standard InChI is InChI=1S/C23H24N4O/c1-25-12-11-19-13-26(15-22(19)25)23(28)18-9-7-17(8-10-18)21-14-27(16-24-21)20-5-3-2-4-6-20/h2-10,14,16,19,22H,11-13,15H2,1H3/t19-,22+/m0/s1. The number of nitrogens with zero attached hydrogens (tertiary/aromatic N) is 4. The number of fused-ring (bicyclic) bond motifs is 1. The number of likely N-dealkylation sites (tertiary alicyclic amines) is 2. The van der Waals surface area contributed by atoms with Gasteiger partial charge < -0.3 is 14.4 Å². The van der Waals surface area contributed by atoms with Crippen LogP contribution in [0.4, 0.5) is 0 Å². The molecule has 2 saturated heterocycles. The number of benzene rings is 2. The summed E-state index contributed by atoms with van der Waals surface area (Å²) in [5, 5.41) is 0. The molecule has 2 fully saturated rings. The van der Waals surface area contributed by atoms with Gasteiger partial charge in [-0.2, -0.15) is 0 Å². The van der Waals surface area contributed by atoms with Crippen LogP contribution >= 0.6 is 0 Å². The smallest absolute Gasteiger partial charge is 0.253 e. The lowest BCUT2D eigenvalue weighted by Crippen LogP contribution is -2.35. The summed E-state index contributed by atoms with van der Waals surface area (Å²) in [6, 6.07) is 18.5. The van der Waals surface area contributed by atoms with Crippen LogP contribution in [-0.2, 0) is 0 Å². The number of rotatable bonds is 3. The molecule has 2 aliphatic rings. The minimum absolute atomic E-state index is 0.143. The topological polar surface area (TPSA) is 41.4 Å².